The number of likely N-dealkylation sites (tertiary alicyclic amines) is 1. The second-order valence-corrected chi connectivity index (χ2v) is 6.90. The molecule has 0 bridgehead atoms. The SMILES string of the molecule is COc1cccc(OCC(=O)Nc2ccccc2C(=O)N2CCCCC2C)c1. The van der Waals surface area contributed by atoms with Crippen LogP contribution in [0, 0.1) is 0 Å². The maximum absolute atomic E-state index is 13.0. The van der Waals surface area contributed by atoms with Gasteiger partial charge in [-0.1, -0.05) is 18.2 Å². The minimum Gasteiger partial charge on any atom is -0.497 e. The van der Waals surface area contributed by atoms with Crippen molar-refractivity contribution in [1.29, 1.82) is 0 Å². The maximum atomic E-state index is 13.0. The molecule has 0 aromatic heterocycles. The van der Waals surface area contributed by atoms with Gasteiger partial charge in [0.05, 0.1) is 18.4 Å². The quantitative estimate of drug-likeness (QED) is 0.827. The molecule has 0 aliphatic carbocycles. The van der Waals surface area contributed by atoms with Crippen LogP contribution in [-0.4, -0.2) is 43.0 Å². The Morgan fingerprint density at radius 2 is 1.89 bits per heavy atom. The van der Waals surface area contributed by atoms with Crippen LogP contribution < -0.4 is 14.8 Å². The number of hydrogen-bond acceptors (Lipinski definition) is 4. The van der Waals surface area contributed by atoms with E-state index >= 15 is 0 Å². The highest BCUT2D eigenvalue weighted by Crippen LogP contribution is 2.23. The molecule has 6 nitrogen and oxygen atoms in total. The summed E-state index contributed by atoms with van der Waals surface area (Å²) in [6, 6.07) is 14.4. The molecule has 2 aromatic rings. The van der Waals surface area contributed by atoms with Crippen LogP contribution in [0.4, 0.5) is 5.69 Å². The highest BCUT2D eigenvalue weighted by molar-refractivity contribution is 6.04. The van der Waals surface area contributed by atoms with Gasteiger partial charge >= 0.3 is 0 Å². The van der Waals surface area contributed by atoms with Crippen LogP contribution in [-0.2, 0) is 4.79 Å². The Kier molecular flexibility index (Phi) is 6.53. The van der Waals surface area contributed by atoms with Gasteiger partial charge in [0.15, 0.2) is 6.61 Å². The fourth-order valence-corrected chi connectivity index (χ4v) is 3.36. The van der Waals surface area contributed by atoms with E-state index in [9.17, 15) is 9.59 Å². The van der Waals surface area contributed by atoms with Crippen LogP contribution in [0.5, 0.6) is 11.5 Å². The zero-order valence-corrected chi connectivity index (χ0v) is 16.3. The molecule has 1 aliphatic heterocycles. The third-order valence-electron chi connectivity index (χ3n) is 4.91. The lowest BCUT2D eigenvalue weighted by molar-refractivity contribution is -0.118. The largest absolute Gasteiger partial charge is 0.497 e. The Labute approximate surface area is 165 Å². The van der Waals surface area contributed by atoms with Gasteiger partial charge in [-0.15, -0.1) is 0 Å². The van der Waals surface area contributed by atoms with E-state index in [-0.39, 0.29) is 24.5 Å². The Balaban J connectivity index is 1.65. The number of piperidine rings is 1. The van der Waals surface area contributed by atoms with Gasteiger partial charge in [-0.25, -0.2) is 0 Å². The van der Waals surface area contributed by atoms with Gasteiger partial charge in [-0.3, -0.25) is 9.59 Å². The summed E-state index contributed by atoms with van der Waals surface area (Å²) in [5, 5.41) is 2.80. The summed E-state index contributed by atoms with van der Waals surface area (Å²) >= 11 is 0. The summed E-state index contributed by atoms with van der Waals surface area (Å²) in [5.74, 6) is 0.831. The van der Waals surface area contributed by atoms with Crippen LogP contribution in [0.15, 0.2) is 48.5 Å². The van der Waals surface area contributed by atoms with E-state index in [4.69, 9.17) is 9.47 Å². The molecule has 148 valence electrons. The van der Waals surface area contributed by atoms with E-state index in [0.29, 0.717) is 22.7 Å². The molecule has 1 atom stereocenters. The first kappa shape index (κ1) is 19.7. The topological polar surface area (TPSA) is 67.9 Å². The third kappa shape index (κ3) is 4.82. The van der Waals surface area contributed by atoms with E-state index in [1.807, 2.05) is 11.0 Å². The number of carbonyl (C=O) groups is 2. The molecule has 1 fully saturated rings. The molecule has 2 amide bonds. The zero-order valence-electron chi connectivity index (χ0n) is 16.3. The van der Waals surface area contributed by atoms with Crippen molar-refractivity contribution >= 4 is 17.5 Å². The second-order valence-electron chi connectivity index (χ2n) is 6.90. The van der Waals surface area contributed by atoms with Gasteiger partial charge in [0.1, 0.15) is 11.5 Å². The molecule has 6 heteroatoms. The van der Waals surface area contributed by atoms with Crippen molar-refractivity contribution in [2.75, 3.05) is 25.6 Å². The number of methoxy groups -OCH3 is 1. The predicted octanol–water partition coefficient (Wildman–Crippen LogP) is 3.73. The van der Waals surface area contributed by atoms with Crippen LogP contribution in [0.2, 0.25) is 0 Å². The monoisotopic (exact) mass is 382 g/mol. The summed E-state index contributed by atoms with van der Waals surface area (Å²) in [4.78, 5) is 27.2. The fraction of sp³-hybridized carbons (Fsp3) is 0.364. The number of carbonyl (C=O) groups excluding carboxylic acids is 2. The molecule has 0 spiro atoms. The van der Waals surface area contributed by atoms with Gasteiger partial charge < -0.3 is 19.7 Å². The molecule has 1 heterocycles. The highest BCUT2D eigenvalue weighted by Gasteiger charge is 2.26. The number of rotatable bonds is 6. The lowest BCUT2D eigenvalue weighted by Crippen LogP contribution is -2.42. The number of hydrogen-bond donors (Lipinski definition) is 1. The molecule has 28 heavy (non-hydrogen) atoms. The maximum Gasteiger partial charge on any atom is 0.262 e. The lowest BCUT2D eigenvalue weighted by atomic mass is 10.0. The van der Waals surface area contributed by atoms with Crippen molar-refractivity contribution in [3.05, 3.63) is 54.1 Å². The smallest absolute Gasteiger partial charge is 0.262 e. The number of para-hydroxylation sites is 1. The molecule has 1 saturated heterocycles. The van der Waals surface area contributed by atoms with Crippen molar-refractivity contribution in [2.24, 2.45) is 0 Å². The molecule has 1 unspecified atom stereocenters. The Bertz CT molecular complexity index is 837. The van der Waals surface area contributed by atoms with Gasteiger partial charge in [-0.05, 0) is 50.5 Å². The van der Waals surface area contributed by atoms with E-state index < -0.39 is 0 Å². The number of amides is 2. The number of ether oxygens (including phenoxy) is 2. The highest BCUT2D eigenvalue weighted by atomic mass is 16.5. The number of benzene rings is 2. The molecule has 2 aromatic carbocycles. The molecular weight excluding hydrogens is 356 g/mol. The standard InChI is InChI=1S/C22H26N2O4/c1-16-8-5-6-13-24(16)22(26)19-11-3-4-12-20(19)23-21(25)15-28-18-10-7-9-17(14-18)27-2/h3-4,7,9-12,14,16H,5-6,8,13,15H2,1-2H3,(H,23,25). The molecule has 0 radical (unpaired) electrons. The molecular formula is C22H26N2O4. The average Bonchev–Trinajstić information content (AvgIpc) is 2.73. The predicted molar refractivity (Wildman–Crippen MR) is 108 cm³/mol. The first-order valence-corrected chi connectivity index (χ1v) is 9.55. The van der Waals surface area contributed by atoms with Crippen LogP contribution in [0.3, 0.4) is 0 Å². The zero-order chi connectivity index (χ0) is 19.9. The van der Waals surface area contributed by atoms with E-state index in [1.165, 1.54) is 0 Å². The number of anilines is 1. The minimum atomic E-state index is -0.324. The summed E-state index contributed by atoms with van der Waals surface area (Å²) in [6.45, 7) is 2.66. The van der Waals surface area contributed by atoms with Crippen LogP contribution in [0.1, 0.15) is 36.5 Å². The van der Waals surface area contributed by atoms with Crippen LogP contribution >= 0.6 is 0 Å². The summed E-state index contributed by atoms with van der Waals surface area (Å²) in [5.41, 5.74) is 1.01. The summed E-state index contributed by atoms with van der Waals surface area (Å²) < 4.78 is 10.7. The summed E-state index contributed by atoms with van der Waals surface area (Å²) in [7, 11) is 1.57. The first-order chi connectivity index (χ1) is 13.6. The van der Waals surface area contributed by atoms with Crippen molar-refractivity contribution in [3.63, 3.8) is 0 Å². The van der Waals surface area contributed by atoms with Crippen molar-refractivity contribution < 1.29 is 19.1 Å². The Hall–Kier alpha value is -3.02. The molecule has 1 aliphatic rings. The second kappa shape index (κ2) is 9.26. The molecule has 0 saturated carbocycles. The van der Waals surface area contributed by atoms with Crippen LogP contribution in [0.25, 0.3) is 0 Å². The van der Waals surface area contributed by atoms with E-state index in [2.05, 4.69) is 12.2 Å². The molecule has 1 N–H and O–H groups in total. The fourth-order valence-electron chi connectivity index (χ4n) is 3.36. The lowest BCUT2D eigenvalue weighted by Gasteiger charge is -2.33. The third-order valence-corrected chi connectivity index (χ3v) is 4.91. The van der Waals surface area contributed by atoms with Gasteiger partial charge in [0.2, 0.25) is 0 Å². The Morgan fingerprint density at radius 3 is 2.68 bits per heavy atom. The van der Waals surface area contributed by atoms with Gasteiger partial charge in [0, 0.05) is 18.7 Å². The van der Waals surface area contributed by atoms with Crippen molar-refractivity contribution in [1.82, 2.24) is 4.90 Å². The van der Waals surface area contributed by atoms with Crippen molar-refractivity contribution in [3.8, 4) is 11.5 Å². The number of nitrogens with zero attached hydrogens (tertiary/aromatic N) is 1. The van der Waals surface area contributed by atoms with E-state index in [0.717, 1.165) is 25.8 Å². The van der Waals surface area contributed by atoms with E-state index in [1.54, 1.807) is 49.6 Å². The normalized spacial score (nSPS) is 16.4. The first-order valence-electron chi connectivity index (χ1n) is 9.55. The van der Waals surface area contributed by atoms with Crippen molar-refractivity contribution in [2.45, 2.75) is 32.2 Å². The number of nitrogens with one attached hydrogen (secondary N) is 1. The molecule has 3 rings (SSSR count). The Morgan fingerprint density at radius 1 is 1.11 bits per heavy atom. The van der Waals surface area contributed by atoms with Gasteiger partial charge in [-0.2, -0.15) is 0 Å². The van der Waals surface area contributed by atoms with Gasteiger partial charge in [0.25, 0.3) is 11.8 Å². The summed E-state index contributed by atoms with van der Waals surface area (Å²) in [6.07, 6.45) is 3.17. The average molecular weight is 382 g/mol. The minimum absolute atomic E-state index is 0.0446.